The zero-order valence-corrected chi connectivity index (χ0v) is 18.3. The molecule has 1 atom stereocenters. The number of carboxylic acids is 1. The van der Waals surface area contributed by atoms with Gasteiger partial charge in [-0.05, 0) is 38.8 Å². The minimum absolute atomic E-state index is 0.0207. The van der Waals surface area contributed by atoms with Gasteiger partial charge < -0.3 is 14.6 Å². The maximum absolute atomic E-state index is 13.0. The van der Waals surface area contributed by atoms with Crippen LogP contribution in [0.25, 0.3) is 0 Å². The Bertz CT molecular complexity index is 891. The molecule has 0 unspecified atom stereocenters. The van der Waals surface area contributed by atoms with E-state index in [9.17, 15) is 19.5 Å². The first kappa shape index (κ1) is 23.9. The summed E-state index contributed by atoms with van der Waals surface area (Å²) in [6.45, 7) is 6.34. The van der Waals surface area contributed by atoms with Crippen LogP contribution in [0.4, 0.5) is 4.79 Å². The molecule has 0 radical (unpaired) electrons. The summed E-state index contributed by atoms with van der Waals surface area (Å²) in [6, 6.07) is 18.0. The molecule has 0 aliphatic carbocycles. The van der Waals surface area contributed by atoms with Crippen molar-refractivity contribution in [2.45, 2.75) is 58.4 Å². The molecular weight excluding hydrogens is 398 g/mol. The van der Waals surface area contributed by atoms with Crippen molar-refractivity contribution in [2.24, 2.45) is 0 Å². The quantitative estimate of drug-likeness (QED) is 0.628. The van der Waals surface area contributed by atoms with Crippen molar-refractivity contribution in [1.82, 2.24) is 4.90 Å². The Balaban J connectivity index is 2.31. The zero-order chi connectivity index (χ0) is 23.1. The van der Waals surface area contributed by atoms with E-state index in [4.69, 9.17) is 9.47 Å². The SMILES string of the molecule is CC(C)(C)OC(=O)C[C@](C)(C(=O)O)N(Cc1ccccc1)C(=O)OCc1ccccc1. The number of carbonyl (C=O) groups excluding carboxylic acids is 2. The van der Waals surface area contributed by atoms with Gasteiger partial charge in [-0.1, -0.05) is 60.7 Å². The fourth-order valence-corrected chi connectivity index (χ4v) is 2.95. The molecule has 0 heterocycles. The zero-order valence-electron chi connectivity index (χ0n) is 18.3. The minimum atomic E-state index is -1.87. The molecule has 0 fully saturated rings. The molecule has 0 aromatic heterocycles. The van der Waals surface area contributed by atoms with E-state index < -0.39 is 35.6 Å². The molecule has 2 aromatic carbocycles. The summed E-state index contributed by atoms with van der Waals surface area (Å²) in [5.41, 5.74) is -1.18. The van der Waals surface area contributed by atoms with Gasteiger partial charge in [0.25, 0.3) is 0 Å². The molecule has 1 N–H and O–H groups in total. The van der Waals surface area contributed by atoms with Crippen molar-refractivity contribution in [2.75, 3.05) is 0 Å². The summed E-state index contributed by atoms with van der Waals surface area (Å²) in [5, 5.41) is 10.0. The summed E-state index contributed by atoms with van der Waals surface area (Å²) in [4.78, 5) is 38.8. The van der Waals surface area contributed by atoms with E-state index in [1.807, 2.05) is 24.3 Å². The molecule has 2 aromatic rings. The average Bonchev–Trinajstić information content (AvgIpc) is 2.70. The number of ether oxygens (including phenoxy) is 2. The summed E-state index contributed by atoms with van der Waals surface area (Å²) in [6.07, 6.45) is -1.35. The van der Waals surface area contributed by atoms with E-state index in [2.05, 4.69) is 0 Å². The Labute approximate surface area is 182 Å². The fourth-order valence-electron chi connectivity index (χ4n) is 2.95. The van der Waals surface area contributed by atoms with Gasteiger partial charge in [0.05, 0.1) is 13.0 Å². The van der Waals surface area contributed by atoms with Gasteiger partial charge in [-0.15, -0.1) is 0 Å². The smallest absolute Gasteiger partial charge is 0.411 e. The second kappa shape index (κ2) is 10.1. The lowest BCUT2D eigenvalue weighted by molar-refractivity contribution is -0.165. The van der Waals surface area contributed by atoms with Crippen LogP contribution in [0.3, 0.4) is 0 Å². The number of hydrogen-bond donors (Lipinski definition) is 1. The summed E-state index contributed by atoms with van der Waals surface area (Å²) in [5.74, 6) is -2.04. The third-order valence-electron chi connectivity index (χ3n) is 4.57. The first-order valence-corrected chi connectivity index (χ1v) is 9.99. The summed E-state index contributed by atoms with van der Waals surface area (Å²) < 4.78 is 10.7. The van der Waals surface area contributed by atoms with Gasteiger partial charge in [0, 0.05) is 0 Å². The molecule has 7 nitrogen and oxygen atoms in total. The second-order valence-electron chi connectivity index (χ2n) is 8.45. The van der Waals surface area contributed by atoms with E-state index in [0.29, 0.717) is 5.56 Å². The van der Waals surface area contributed by atoms with Gasteiger partial charge in [0.15, 0.2) is 5.54 Å². The highest BCUT2D eigenvalue weighted by Gasteiger charge is 2.46. The van der Waals surface area contributed by atoms with Gasteiger partial charge in [0.2, 0.25) is 0 Å². The highest BCUT2D eigenvalue weighted by atomic mass is 16.6. The summed E-state index contributed by atoms with van der Waals surface area (Å²) in [7, 11) is 0. The molecule has 0 saturated heterocycles. The minimum Gasteiger partial charge on any atom is -0.479 e. The molecule has 1 amide bonds. The van der Waals surface area contributed by atoms with Gasteiger partial charge in [0.1, 0.15) is 12.2 Å². The van der Waals surface area contributed by atoms with Crippen LogP contribution in [0, 0.1) is 0 Å². The Morgan fingerprint density at radius 1 is 0.871 bits per heavy atom. The van der Waals surface area contributed by atoms with E-state index in [1.165, 1.54) is 6.92 Å². The van der Waals surface area contributed by atoms with Crippen LogP contribution in [0.2, 0.25) is 0 Å². The Kier molecular flexibility index (Phi) is 7.80. The monoisotopic (exact) mass is 427 g/mol. The average molecular weight is 427 g/mol. The first-order valence-electron chi connectivity index (χ1n) is 9.99. The molecule has 0 aliphatic heterocycles. The first-order chi connectivity index (χ1) is 14.5. The Morgan fingerprint density at radius 2 is 1.39 bits per heavy atom. The second-order valence-corrected chi connectivity index (χ2v) is 8.45. The fraction of sp³-hybridized carbons (Fsp3) is 0.375. The largest absolute Gasteiger partial charge is 0.479 e. The van der Waals surface area contributed by atoms with E-state index >= 15 is 0 Å². The van der Waals surface area contributed by atoms with E-state index in [1.54, 1.807) is 57.2 Å². The number of carboxylic acid groups (broad SMARTS) is 1. The molecule has 166 valence electrons. The van der Waals surface area contributed by atoms with Crippen molar-refractivity contribution < 1.29 is 29.0 Å². The number of amides is 1. The lowest BCUT2D eigenvalue weighted by atomic mass is 9.94. The number of nitrogens with zero attached hydrogens (tertiary/aromatic N) is 1. The lowest BCUT2D eigenvalue weighted by Crippen LogP contribution is -2.56. The van der Waals surface area contributed by atoms with E-state index in [-0.39, 0.29) is 13.2 Å². The summed E-state index contributed by atoms with van der Waals surface area (Å²) >= 11 is 0. The topological polar surface area (TPSA) is 93.1 Å². The number of carbonyl (C=O) groups is 3. The van der Waals surface area contributed by atoms with Crippen LogP contribution >= 0.6 is 0 Å². The van der Waals surface area contributed by atoms with Crippen LogP contribution < -0.4 is 0 Å². The van der Waals surface area contributed by atoms with Crippen LogP contribution in [0.5, 0.6) is 0 Å². The van der Waals surface area contributed by atoms with Gasteiger partial charge in [-0.3, -0.25) is 9.69 Å². The predicted molar refractivity (Wildman–Crippen MR) is 115 cm³/mol. The predicted octanol–water partition coefficient (Wildman–Crippen LogP) is 4.40. The number of hydrogen-bond acceptors (Lipinski definition) is 5. The normalized spacial score (nSPS) is 13.0. The van der Waals surface area contributed by atoms with Gasteiger partial charge in [-0.25, -0.2) is 9.59 Å². The van der Waals surface area contributed by atoms with E-state index in [0.717, 1.165) is 10.5 Å². The van der Waals surface area contributed by atoms with Gasteiger partial charge >= 0.3 is 18.0 Å². The van der Waals surface area contributed by atoms with Crippen LogP contribution in [-0.4, -0.2) is 39.2 Å². The lowest BCUT2D eigenvalue weighted by Gasteiger charge is -2.37. The molecule has 0 bridgehead atoms. The van der Waals surface area contributed by atoms with Crippen LogP contribution in [0.1, 0.15) is 45.2 Å². The Hall–Kier alpha value is -3.35. The van der Waals surface area contributed by atoms with Crippen molar-refractivity contribution in [3.05, 3.63) is 71.8 Å². The van der Waals surface area contributed by atoms with Crippen molar-refractivity contribution >= 4 is 18.0 Å². The number of rotatable bonds is 8. The molecule has 0 aliphatic rings. The standard InChI is InChI=1S/C24H29NO6/c1-23(2,3)31-20(26)15-24(4,21(27)28)25(16-18-11-7-5-8-12-18)22(29)30-17-19-13-9-6-10-14-19/h5-14H,15-17H2,1-4H3,(H,27,28)/t24-/m1/s1. The van der Waals surface area contributed by atoms with Crippen molar-refractivity contribution in [1.29, 1.82) is 0 Å². The third kappa shape index (κ3) is 7.13. The Morgan fingerprint density at radius 3 is 1.87 bits per heavy atom. The van der Waals surface area contributed by atoms with Crippen molar-refractivity contribution in [3.63, 3.8) is 0 Å². The molecule has 0 saturated carbocycles. The van der Waals surface area contributed by atoms with Crippen molar-refractivity contribution in [3.8, 4) is 0 Å². The highest BCUT2D eigenvalue weighted by Crippen LogP contribution is 2.26. The molecule has 2 rings (SSSR count). The number of benzene rings is 2. The highest BCUT2D eigenvalue weighted by molar-refractivity contribution is 5.89. The molecule has 7 heteroatoms. The third-order valence-corrected chi connectivity index (χ3v) is 4.57. The van der Waals surface area contributed by atoms with Gasteiger partial charge in [-0.2, -0.15) is 0 Å². The maximum Gasteiger partial charge on any atom is 0.411 e. The molecule has 31 heavy (non-hydrogen) atoms. The van der Waals surface area contributed by atoms with Crippen LogP contribution in [-0.2, 0) is 32.2 Å². The molecule has 0 spiro atoms. The van der Waals surface area contributed by atoms with Crippen LogP contribution in [0.15, 0.2) is 60.7 Å². The number of esters is 1. The molecular formula is C24H29NO6. The maximum atomic E-state index is 13.0. The number of aliphatic carboxylic acids is 1.